The third-order valence-corrected chi connectivity index (χ3v) is 11.8. The van der Waals surface area contributed by atoms with Gasteiger partial charge in [0.25, 0.3) is 0 Å². The molecule has 1 aromatic carbocycles. The standard InChI is InChI=1S/C36H53N3O5S/c1-6-10-13-24-37(22-7-2)34(43)31-36-21-20-35(5,45-36)29(30(36)33(42)39(31)25-14-11-12-15-26-40)32(41)38(23-8-3)27-16-18-28(19-17-27)44-9-4/h7-8,16-19,29-31,40H,2-3,6,9-15,20-26H2,1,4-5H3/t29-,30-,31?,35+,36?/m0/s1. The van der Waals surface area contributed by atoms with E-state index in [1.54, 1.807) is 28.8 Å². The molecule has 9 heteroatoms. The molecule has 3 heterocycles. The van der Waals surface area contributed by atoms with Gasteiger partial charge in [-0.05, 0) is 70.2 Å². The number of likely N-dealkylation sites (tertiary alicyclic amines) is 1. The Hall–Kier alpha value is -2.78. The van der Waals surface area contributed by atoms with Crippen LogP contribution >= 0.6 is 11.8 Å². The molecule has 3 amide bonds. The van der Waals surface area contributed by atoms with Crippen molar-refractivity contribution in [1.82, 2.24) is 9.80 Å². The molecule has 1 spiro atoms. The molecule has 8 nitrogen and oxygen atoms in total. The van der Waals surface area contributed by atoms with Crippen LogP contribution in [0.2, 0.25) is 0 Å². The Labute approximate surface area is 274 Å². The summed E-state index contributed by atoms with van der Waals surface area (Å²) in [6.45, 7) is 16.6. The predicted octanol–water partition coefficient (Wildman–Crippen LogP) is 5.84. The Balaban J connectivity index is 1.71. The lowest BCUT2D eigenvalue weighted by Gasteiger charge is -2.38. The number of hydrogen-bond donors (Lipinski definition) is 1. The molecular weight excluding hydrogens is 586 g/mol. The zero-order valence-corrected chi connectivity index (χ0v) is 28.4. The Kier molecular flexibility index (Phi) is 12.2. The number of ether oxygens (including phenoxy) is 1. The van der Waals surface area contributed by atoms with Gasteiger partial charge in [0, 0.05) is 43.2 Å². The van der Waals surface area contributed by atoms with Crippen molar-refractivity contribution in [3.63, 3.8) is 0 Å². The number of carbonyl (C=O) groups is 3. The molecule has 45 heavy (non-hydrogen) atoms. The van der Waals surface area contributed by atoms with Crippen molar-refractivity contribution in [3.8, 4) is 5.75 Å². The van der Waals surface area contributed by atoms with Crippen LogP contribution in [0.25, 0.3) is 0 Å². The molecule has 0 radical (unpaired) electrons. The lowest BCUT2D eigenvalue weighted by molar-refractivity contribution is -0.143. The van der Waals surface area contributed by atoms with Crippen LogP contribution < -0.4 is 9.64 Å². The molecule has 1 aromatic rings. The van der Waals surface area contributed by atoms with E-state index in [4.69, 9.17) is 4.74 Å². The van der Waals surface area contributed by atoms with Crippen molar-refractivity contribution < 1.29 is 24.2 Å². The molecular formula is C36H53N3O5S. The zero-order chi connectivity index (χ0) is 32.6. The number of rotatable bonds is 19. The highest BCUT2D eigenvalue weighted by Gasteiger charge is 2.77. The summed E-state index contributed by atoms with van der Waals surface area (Å²) in [6.07, 6.45) is 11.2. The average Bonchev–Trinajstić information content (AvgIpc) is 3.60. The summed E-state index contributed by atoms with van der Waals surface area (Å²) in [5.41, 5.74) is 0.737. The first kappa shape index (κ1) is 35.1. The van der Waals surface area contributed by atoms with Crippen molar-refractivity contribution in [1.29, 1.82) is 0 Å². The van der Waals surface area contributed by atoms with Crippen molar-refractivity contribution >= 4 is 35.2 Å². The summed E-state index contributed by atoms with van der Waals surface area (Å²) >= 11 is 1.72. The molecule has 3 saturated heterocycles. The van der Waals surface area contributed by atoms with E-state index < -0.39 is 27.4 Å². The van der Waals surface area contributed by atoms with Crippen molar-refractivity contribution in [2.45, 2.75) is 94.1 Å². The molecule has 3 fully saturated rings. The maximum atomic E-state index is 14.7. The minimum absolute atomic E-state index is 0.0171. The number of benzene rings is 1. The Morgan fingerprint density at radius 1 is 1.02 bits per heavy atom. The van der Waals surface area contributed by atoms with Crippen molar-refractivity contribution in [2.24, 2.45) is 11.8 Å². The summed E-state index contributed by atoms with van der Waals surface area (Å²) in [5, 5.41) is 9.25. The second kappa shape index (κ2) is 15.7. The minimum atomic E-state index is -0.656. The normalized spacial score (nSPS) is 26.5. The Morgan fingerprint density at radius 2 is 1.73 bits per heavy atom. The molecule has 4 rings (SSSR count). The third kappa shape index (κ3) is 6.99. The van der Waals surface area contributed by atoms with Crippen LogP contribution in [0, 0.1) is 11.8 Å². The molecule has 0 aliphatic carbocycles. The number of hydrogen-bond acceptors (Lipinski definition) is 6. The number of amides is 3. The molecule has 2 unspecified atom stereocenters. The monoisotopic (exact) mass is 639 g/mol. The predicted molar refractivity (Wildman–Crippen MR) is 182 cm³/mol. The summed E-state index contributed by atoms with van der Waals surface area (Å²) in [5.74, 6) is -0.567. The number of anilines is 1. The molecule has 3 aliphatic heterocycles. The smallest absolute Gasteiger partial charge is 0.247 e. The lowest BCUT2D eigenvalue weighted by Crippen LogP contribution is -2.55. The largest absolute Gasteiger partial charge is 0.494 e. The van der Waals surface area contributed by atoms with Crippen molar-refractivity contribution in [3.05, 3.63) is 49.6 Å². The lowest BCUT2D eigenvalue weighted by atomic mass is 9.66. The molecule has 1 N–H and O–H groups in total. The highest BCUT2D eigenvalue weighted by Crippen LogP contribution is 2.71. The molecule has 3 aliphatic rings. The van der Waals surface area contributed by atoms with Crippen LogP contribution in [0.5, 0.6) is 5.75 Å². The van der Waals surface area contributed by atoms with Gasteiger partial charge < -0.3 is 24.5 Å². The van der Waals surface area contributed by atoms with Gasteiger partial charge in [0.15, 0.2) is 0 Å². The van der Waals surface area contributed by atoms with Gasteiger partial charge in [-0.1, -0.05) is 44.8 Å². The van der Waals surface area contributed by atoms with E-state index in [1.165, 1.54) is 0 Å². The van der Waals surface area contributed by atoms with Gasteiger partial charge in [0.1, 0.15) is 11.8 Å². The van der Waals surface area contributed by atoms with Crippen LogP contribution in [-0.4, -0.2) is 87.6 Å². The second-order valence-electron chi connectivity index (χ2n) is 12.8. The van der Waals surface area contributed by atoms with Gasteiger partial charge in [-0.15, -0.1) is 24.9 Å². The van der Waals surface area contributed by atoms with Crippen LogP contribution in [0.15, 0.2) is 49.6 Å². The van der Waals surface area contributed by atoms with Gasteiger partial charge >= 0.3 is 0 Å². The van der Waals surface area contributed by atoms with E-state index >= 15 is 0 Å². The van der Waals surface area contributed by atoms with E-state index in [1.807, 2.05) is 41.0 Å². The molecule has 248 valence electrons. The minimum Gasteiger partial charge on any atom is -0.494 e. The summed E-state index contributed by atoms with van der Waals surface area (Å²) in [7, 11) is 0. The third-order valence-electron chi connectivity index (χ3n) is 9.81. The fourth-order valence-electron chi connectivity index (χ4n) is 7.75. The fourth-order valence-corrected chi connectivity index (χ4v) is 10.1. The summed E-state index contributed by atoms with van der Waals surface area (Å²) in [4.78, 5) is 49.3. The number of fused-ring (bicyclic) bond motifs is 1. The van der Waals surface area contributed by atoms with Gasteiger partial charge in [-0.3, -0.25) is 14.4 Å². The highest BCUT2D eigenvalue weighted by molar-refractivity contribution is 8.02. The van der Waals surface area contributed by atoms with E-state index in [-0.39, 0.29) is 24.3 Å². The fraction of sp³-hybridized carbons (Fsp3) is 0.639. The average molecular weight is 640 g/mol. The molecule has 5 atom stereocenters. The Morgan fingerprint density at radius 3 is 2.38 bits per heavy atom. The molecule has 0 aromatic heterocycles. The Bertz CT molecular complexity index is 1210. The van der Waals surface area contributed by atoms with E-state index in [9.17, 15) is 19.5 Å². The second-order valence-corrected chi connectivity index (χ2v) is 14.7. The first-order valence-electron chi connectivity index (χ1n) is 16.9. The molecule has 2 bridgehead atoms. The van der Waals surface area contributed by atoms with Gasteiger partial charge in [-0.2, -0.15) is 0 Å². The van der Waals surface area contributed by atoms with Gasteiger partial charge in [-0.25, -0.2) is 0 Å². The molecule has 0 saturated carbocycles. The van der Waals surface area contributed by atoms with E-state index in [2.05, 4.69) is 27.0 Å². The SMILES string of the molecule is C=CCN(CCCCC)C(=O)C1N(CCCCCCO)C(=O)[C@@H]2[C@@H](C(=O)N(CC=C)c3ccc(OCC)cc3)[C@@]3(C)CCC12S3. The maximum Gasteiger partial charge on any atom is 0.247 e. The summed E-state index contributed by atoms with van der Waals surface area (Å²) < 4.78 is 4.51. The zero-order valence-electron chi connectivity index (χ0n) is 27.5. The van der Waals surface area contributed by atoms with Crippen molar-refractivity contribution in [2.75, 3.05) is 44.3 Å². The van der Waals surface area contributed by atoms with Crippen LogP contribution in [0.1, 0.15) is 78.6 Å². The number of thioether (sulfide) groups is 1. The van der Waals surface area contributed by atoms with Gasteiger partial charge in [0.2, 0.25) is 17.7 Å². The van der Waals surface area contributed by atoms with Gasteiger partial charge in [0.05, 0.1) is 23.2 Å². The first-order valence-corrected chi connectivity index (χ1v) is 17.7. The van der Waals surface area contributed by atoms with Crippen LogP contribution in [0.3, 0.4) is 0 Å². The number of aliphatic hydroxyl groups is 1. The van der Waals surface area contributed by atoms with E-state index in [0.717, 1.165) is 69.2 Å². The topological polar surface area (TPSA) is 90.4 Å². The van der Waals surface area contributed by atoms with Crippen LogP contribution in [-0.2, 0) is 14.4 Å². The maximum absolute atomic E-state index is 14.7. The number of carbonyl (C=O) groups excluding carboxylic acids is 3. The summed E-state index contributed by atoms with van der Waals surface area (Å²) in [6, 6.07) is 6.88. The number of aliphatic hydroxyl groups excluding tert-OH is 1. The number of unbranched alkanes of at least 4 members (excludes halogenated alkanes) is 5. The first-order chi connectivity index (χ1) is 21.7. The van der Waals surface area contributed by atoms with Crippen LogP contribution in [0.4, 0.5) is 5.69 Å². The van der Waals surface area contributed by atoms with E-state index in [0.29, 0.717) is 32.8 Å². The quantitative estimate of drug-likeness (QED) is 0.151. The highest BCUT2D eigenvalue weighted by atomic mass is 32.2. The number of nitrogens with zero attached hydrogens (tertiary/aromatic N) is 3.